The molecule has 0 fully saturated rings. The highest BCUT2D eigenvalue weighted by Gasteiger charge is 2.26. The lowest BCUT2D eigenvalue weighted by atomic mass is 9.86. The maximum atomic E-state index is 11.3. The van der Waals surface area contributed by atoms with E-state index in [2.05, 4.69) is 5.32 Å². The third-order valence-electron chi connectivity index (χ3n) is 2.28. The fraction of sp³-hybridized carbons (Fsp3) is 0.909. The molecule has 0 aromatic rings. The van der Waals surface area contributed by atoms with Gasteiger partial charge >= 0.3 is 6.09 Å². The number of hydrogen-bond donors (Lipinski definition) is 3. The molecule has 0 saturated heterocycles. The van der Waals surface area contributed by atoms with Gasteiger partial charge in [0.1, 0.15) is 5.60 Å². The number of carbonyl (C=O) groups excluding carboxylic acids is 1. The summed E-state index contributed by atoms with van der Waals surface area (Å²) in [6, 6.07) is -0.315. The van der Waals surface area contributed by atoms with Gasteiger partial charge < -0.3 is 20.9 Å². The summed E-state index contributed by atoms with van der Waals surface area (Å²) in [5, 5.41) is 11.7. The first-order valence-corrected chi connectivity index (χ1v) is 5.42. The van der Waals surface area contributed by atoms with Crippen molar-refractivity contribution in [2.45, 2.75) is 46.3 Å². The van der Waals surface area contributed by atoms with Crippen LogP contribution in [0.15, 0.2) is 0 Å². The van der Waals surface area contributed by atoms with Crippen molar-refractivity contribution in [2.75, 3.05) is 13.2 Å². The van der Waals surface area contributed by atoms with Crippen molar-refractivity contribution >= 4 is 6.09 Å². The van der Waals surface area contributed by atoms with Gasteiger partial charge in [0.25, 0.3) is 0 Å². The van der Waals surface area contributed by atoms with Crippen LogP contribution in [0.1, 0.15) is 34.6 Å². The van der Waals surface area contributed by atoms with Crippen molar-refractivity contribution in [3.63, 3.8) is 0 Å². The van der Waals surface area contributed by atoms with Gasteiger partial charge in [0.15, 0.2) is 0 Å². The van der Waals surface area contributed by atoms with E-state index in [1.54, 1.807) is 20.8 Å². The molecule has 0 saturated carbocycles. The van der Waals surface area contributed by atoms with E-state index in [4.69, 9.17) is 15.6 Å². The van der Waals surface area contributed by atoms with Crippen LogP contribution < -0.4 is 11.1 Å². The summed E-state index contributed by atoms with van der Waals surface area (Å²) in [6.45, 7) is 9.33. The Kier molecular flexibility index (Phi) is 5.22. The molecule has 1 unspecified atom stereocenters. The minimum absolute atomic E-state index is 0.0236. The fourth-order valence-electron chi connectivity index (χ4n) is 0.901. The van der Waals surface area contributed by atoms with Crippen LogP contribution in [-0.2, 0) is 4.74 Å². The van der Waals surface area contributed by atoms with Gasteiger partial charge in [-0.2, -0.15) is 0 Å². The molecule has 4 N–H and O–H groups in total. The van der Waals surface area contributed by atoms with Crippen LogP contribution in [0.25, 0.3) is 0 Å². The smallest absolute Gasteiger partial charge is 0.407 e. The van der Waals surface area contributed by atoms with Crippen LogP contribution in [-0.4, -0.2) is 36.0 Å². The summed E-state index contributed by atoms with van der Waals surface area (Å²) in [6.07, 6.45) is -0.489. The third kappa shape index (κ3) is 5.92. The molecule has 0 bridgehead atoms. The van der Waals surface area contributed by atoms with Gasteiger partial charge in [0.2, 0.25) is 0 Å². The molecule has 0 rings (SSSR count). The van der Waals surface area contributed by atoms with Gasteiger partial charge in [-0.1, -0.05) is 13.8 Å². The zero-order chi connectivity index (χ0) is 13.0. The average molecular weight is 232 g/mol. The Morgan fingerprint density at radius 2 is 1.88 bits per heavy atom. The SMILES string of the molecule is CC(C)(C)OC(=O)NCC(N)C(C)(C)CO. The Morgan fingerprint density at radius 3 is 2.25 bits per heavy atom. The molecule has 0 aromatic heterocycles. The number of amides is 1. The lowest BCUT2D eigenvalue weighted by molar-refractivity contribution is 0.0505. The van der Waals surface area contributed by atoms with Crippen LogP contribution in [0.3, 0.4) is 0 Å². The van der Waals surface area contributed by atoms with Crippen molar-refractivity contribution in [2.24, 2.45) is 11.1 Å². The molecule has 5 nitrogen and oxygen atoms in total. The zero-order valence-corrected chi connectivity index (χ0v) is 10.8. The Hall–Kier alpha value is -0.810. The highest BCUT2D eigenvalue weighted by Crippen LogP contribution is 2.17. The number of alkyl carbamates (subject to hydrolysis) is 1. The number of nitrogens with one attached hydrogen (secondary N) is 1. The Labute approximate surface area is 97.3 Å². The number of rotatable bonds is 4. The summed E-state index contributed by atoms with van der Waals surface area (Å²) in [7, 11) is 0. The summed E-state index contributed by atoms with van der Waals surface area (Å²) in [5.74, 6) is 0. The standard InChI is InChI=1S/C11H24N2O3/c1-10(2,3)16-9(15)13-6-8(12)11(4,5)7-14/h8,14H,6-7,12H2,1-5H3,(H,13,15). The molecule has 0 aromatic carbocycles. The highest BCUT2D eigenvalue weighted by molar-refractivity contribution is 5.67. The Bertz CT molecular complexity index is 234. The molecular weight excluding hydrogens is 208 g/mol. The van der Waals surface area contributed by atoms with Crippen molar-refractivity contribution in [1.82, 2.24) is 5.32 Å². The van der Waals surface area contributed by atoms with E-state index in [-0.39, 0.29) is 19.2 Å². The Morgan fingerprint density at radius 1 is 1.38 bits per heavy atom. The monoisotopic (exact) mass is 232 g/mol. The van der Waals surface area contributed by atoms with Gasteiger partial charge in [0.05, 0.1) is 0 Å². The summed E-state index contributed by atoms with van der Waals surface area (Å²) in [5.41, 5.74) is 4.91. The quantitative estimate of drug-likeness (QED) is 0.671. The van der Waals surface area contributed by atoms with E-state index in [9.17, 15) is 4.79 Å². The second kappa shape index (κ2) is 5.50. The topological polar surface area (TPSA) is 84.6 Å². The van der Waals surface area contributed by atoms with Gasteiger partial charge in [-0.15, -0.1) is 0 Å². The molecule has 96 valence electrons. The predicted molar refractivity (Wildman–Crippen MR) is 63.1 cm³/mol. The van der Waals surface area contributed by atoms with E-state index in [0.717, 1.165) is 0 Å². The summed E-state index contributed by atoms with van der Waals surface area (Å²) in [4.78, 5) is 11.3. The van der Waals surface area contributed by atoms with Crippen molar-refractivity contribution < 1.29 is 14.6 Å². The van der Waals surface area contributed by atoms with Crippen molar-refractivity contribution in [3.8, 4) is 0 Å². The van der Waals surface area contributed by atoms with Crippen LogP contribution in [0.2, 0.25) is 0 Å². The molecule has 0 aliphatic rings. The number of hydrogen-bond acceptors (Lipinski definition) is 4. The summed E-state index contributed by atoms with van der Waals surface area (Å²) < 4.78 is 5.07. The van der Waals surface area contributed by atoms with Gasteiger partial charge in [-0.3, -0.25) is 0 Å². The van der Waals surface area contributed by atoms with Gasteiger partial charge in [-0.25, -0.2) is 4.79 Å². The predicted octanol–water partition coefficient (Wildman–Crippen LogP) is 0.857. The normalized spacial score (nSPS) is 14.4. The average Bonchev–Trinajstić information content (AvgIpc) is 2.11. The number of aliphatic hydroxyl groups is 1. The molecule has 16 heavy (non-hydrogen) atoms. The van der Waals surface area contributed by atoms with E-state index < -0.39 is 17.1 Å². The number of aliphatic hydroxyl groups excluding tert-OH is 1. The Balaban J connectivity index is 4.02. The molecule has 0 spiro atoms. The number of nitrogens with two attached hydrogens (primary N) is 1. The van der Waals surface area contributed by atoms with E-state index >= 15 is 0 Å². The van der Waals surface area contributed by atoms with Crippen LogP contribution >= 0.6 is 0 Å². The van der Waals surface area contributed by atoms with Crippen molar-refractivity contribution in [1.29, 1.82) is 0 Å². The van der Waals surface area contributed by atoms with Crippen LogP contribution in [0.4, 0.5) is 4.79 Å². The minimum atomic E-state index is -0.513. The summed E-state index contributed by atoms with van der Waals surface area (Å²) >= 11 is 0. The first-order chi connectivity index (χ1) is 7.08. The molecule has 0 heterocycles. The molecule has 0 radical (unpaired) electrons. The lowest BCUT2D eigenvalue weighted by Crippen LogP contribution is -2.48. The zero-order valence-electron chi connectivity index (χ0n) is 10.8. The molecule has 0 aliphatic carbocycles. The first-order valence-electron chi connectivity index (χ1n) is 5.42. The minimum Gasteiger partial charge on any atom is -0.444 e. The number of carbonyl (C=O) groups is 1. The maximum Gasteiger partial charge on any atom is 0.407 e. The van der Waals surface area contributed by atoms with Gasteiger partial charge in [0, 0.05) is 24.6 Å². The number of ether oxygens (including phenoxy) is 1. The van der Waals surface area contributed by atoms with Crippen molar-refractivity contribution in [3.05, 3.63) is 0 Å². The maximum absolute atomic E-state index is 11.3. The molecule has 1 amide bonds. The van der Waals surface area contributed by atoms with Crippen LogP contribution in [0, 0.1) is 5.41 Å². The largest absolute Gasteiger partial charge is 0.444 e. The lowest BCUT2D eigenvalue weighted by Gasteiger charge is -2.29. The van der Waals surface area contributed by atoms with E-state index in [0.29, 0.717) is 0 Å². The molecular formula is C11H24N2O3. The second-order valence-electron chi connectivity index (χ2n) is 5.64. The molecule has 0 aliphatic heterocycles. The third-order valence-corrected chi connectivity index (χ3v) is 2.28. The van der Waals surface area contributed by atoms with E-state index in [1.807, 2.05) is 13.8 Å². The molecule has 1 atom stereocenters. The fourth-order valence-corrected chi connectivity index (χ4v) is 0.901. The van der Waals surface area contributed by atoms with Gasteiger partial charge in [-0.05, 0) is 20.8 Å². The van der Waals surface area contributed by atoms with Crippen LogP contribution in [0.5, 0.6) is 0 Å². The first kappa shape index (κ1) is 15.2. The van der Waals surface area contributed by atoms with E-state index in [1.165, 1.54) is 0 Å². The molecule has 5 heteroatoms. The second-order valence-corrected chi connectivity index (χ2v) is 5.64. The highest BCUT2D eigenvalue weighted by atomic mass is 16.6.